The number of aryl methyl sites for hydroxylation is 1. The third-order valence-corrected chi connectivity index (χ3v) is 3.05. The largest absolute Gasteiger partial charge is 0.359 e. The molecule has 1 aromatic heterocycles. The first-order valence-electron chi connectivity index (χ1n) is 5.18. The molecule has 19 heavy (non-hydrogen) atoms. The van der Waals surface area contributed by atoms with Crippen molar-refractivity contribution in [2.24, 2.45) is 0 Å². The maximum atomic E-state index is 9.01. The van der Waals surface area contributed by atoms with Crippen LogP contribution in [0, 0.1) is 18.3 Å². The summed E-state index contributed by atoms with van der Waals surface area (Å²) in [5, 5.41) is 26.1. The van der Waals surface area contributed by atoms with E-state index in [0.29, 0.717) is 15.7 Å². The zero-order chi connectivity index (χ0) is 13.8. The van der Waals surface area contributed by atoms with Crippen molar-refractivity contribution in [3.63, 3.8) is 0 Å². The lowest BCUT2D eigenvalue weighted by molar-refractivity contribution is 0.881. The van der Waals surface area contributed by atoms with Crippen LogP contribution in [-0.4, -0.2) is 20.6 Å². The van der Waals surface area contributed by atoms with E-state index in [4.69, 9.17) is 28.5 Å². The Morgan fingerprint density at radius 2 is 2.21 bits per heavy atom. The van der Waals surface area contributed by atoms with E-state index in [2.05, 4.69) is 25.9 Å². The van der Waals surface area contributed by atoms with Gasteiger partial charge in [-0.2, -0.15) is 10.5 Å². The number of tetrazole rings is 1. The lowest BCUT2D eigenvalue weighted by Crippen LogP contribution is -1.94. The van der Waals surface area contributed by atoms with Gasteiger partial charge in [0.15, 0.2) is 0 Å². The highest BCUT2D eigenvalue weighted by molar-refractivity contribution is 6.36. The SMILES string of the molecule is Cc1cc(NC=C(C#N)c2nn[nH]n2)c(Cl)cc1Cl. The maximum Gasteiger partial charge on any atom is 0.216 e. The summed E-state index contributed by atoms with van der Waals surface area (Å²) in [6, 6.07) is 5.38. The first kappa shape index (κ1) is 13.3. The molecule has 0 amide bonds. The number of hydrogen-bond acceptors (Lipinski definition) is 5. The molecule has 96 valence electrons. The van der Waals surface area contributed by atoms with Crippen LogP contribution in [0.3, 0.4) is 0 Å². The fraction of sp³-hybridized carbons (Fsp3) is 0.0909. The number of anilines is 1. The minimum Gasteiger partial charge on any atom is -0.359 e. The molecule has 0 bridgehead atoms. The molecule has 0 aliphatic carbocycles. The Balaban J connectivity index is 2.27. The van der Waals surface area contributed by atoms with Crippen molar-refractivity contribution in [2.45, 2.75) is 6.92 Å². The summed E-state index contributed by atoms with van der Waals surface area (Å²) in [6.07, 6.45) is 1.46. The van der Waals surface area contributed by atoms with Crippen LogP contribution in [0.25, 0.3) is 5.57 Å². The number of nitrogens with one attached hydrogen (secondary N) is 2. The van der Waals surface area contributed by atoms with Crippen molar-refractivity contribution in [3.8, 4) is 6.07 Å². The quantitative estimate of drug-likeness (QED) is 0.850. The number of nitrogens with zero attached hydrogens (tertiary/aromatic N) is 4. The molecule has 6 nitrogen and oxygen atoms in total. The smallest absolute Gasteiger partial charge is 0.216 e. The Bertz CT molecular complexity index is 657. The Labute approximate surface area is 119 Å². The standard InChI is InChI=1S/C11H8Cl2N6/c1-6-2-10(9(13)3-8(6)12)15-5-7(4-14)11-16-18-19-17-11/h2-3,5,15H,1H3,(H,16,17,18,19). The Morgan fingerprint density at radius 1 is 1.42 bits per heavy atom. The number of H-pyrrole nitrogens is 1. The number of benzene rings is 1. The van der Waals surface area contributed by atoms with Gasteiger partial charge in [-0.3, -0.25) is 0 Å². The molecule has 0 spiro atoms. The lowest BCUT2D eigenvalue weighted by Gasteiger charge is -2.07. The van der Waals surface area contributed by atoms with Crippen molar-refractivity contribution < 1.29 is 0 Å². The van der Waals surface area contributed by atoms with Gasteiger partial charge in [0.1, 0.15) is 11.6 Å². The molecule has 0 atom stereocenters. The third-order valence-electron chi connectivity index (χ3n) is 2.33. The molecule has 0 unspecified atom stereocenters. The summed E-state index contributed by atoms with van der Waals surface area (Å²) in [4.78, 5) is 0. The summed E-state index contributed by atoms with van der Waals surface area (Å²) in [5.74, 6) is 0.205. The Kier molecular flexibility index (Phi) is 4.00. The van der Waals surface area contributed by atoms with Gasteiger partial charge < -0.3 is 5.32 Å². The zero-order valence-corrected chi connectivity index (χ0v) is 11.3. The van der Waals surface area contributed by atoms with E-state index in [0.717, 1.165) is 5.56 Å². The van der Waals surface area contributed by atoms with Gasteiger partial charge in [-0.25, -0.2) is 0 Å². The van der Waals surface area contributed by atoms with Gasteiger partial charge in [0.2, 0.25) is 5.82 Å². The molecule has 0 saturated carbocycles. The van der Waals surface area contributed by atoms with Crippen molar-refractivity contribution in [3.05, 3.63) is 39.8 Å². The number of nitriles is 1. The highest BCUT2D eigenvalue weighted by Crippen LogP contribution is 2.29. The minimum atomic E-state index is 0.205. The number of aromatic amines is 1. The number of rotatable bonds is 3. The molecule has 2 rings (SSSR count). The molecule has 2 N–H and O–H groups in total. The van der Waals surface area contributed by atoms with E-state index in [9.17, 15) is 0 Å². The van der Waals surface area contributed by atoms with Crippen LogP contribution < -0.4 is 5.32 Å². The van der Waals surface area contributed by atoms with Crippen LogP contribution in [0.15, 0.2) is 18.3 Å². The van der Waals surface area contributed by atoms with E-state index in [1.165, 1.54) is 6.20 Å². The second-order valence-corrected chi connectivity index (χ2v) is 4.45. The monoisotopic (exact) mass is 294 g/mol. The van der Waals surface area contributed by atoms with E-state index in [1.54, 1.807) is 12.1 Å². The highest BCUT2D eigenvalue weighted by Gasteiger charge is 2.07. The number of hydrogen-bond donors (Lipinski definition) is 2. The molecule has 0 aliphatic rings. The normalized spacial score (nSPS) is 11.2. The van der Waals surface area contributed by atoms with Gasteiger partial charge >= 0.3 is 0 Å². The van der Waals surface area contributed by atoms with Gasteiger partial charge in [-0.05, 0) is 29.8 Å². The van der Waals surface area contributed by atoms with E-state index in [1.807, 2.05) is 13.0 Å². The van der Waals surface area contributed by atoms with E-state index < -0.39 is 0 Å². The molecular weight excluding hydrogens is 287 g/mol. The van der Waals surface area contributed by atoms with Crippen molar-refractivity contribution in [1.29, 1.82) is 5.26 Å². The average molecular weight is 295 g/mol. The lowest BCUT2D eigenvalue weighted by atomic mass is 10.2. The van der Waals surface area contributed by atoms with Gasteiger partial charge in [0.25, 0.3) is 0 Å². The van der Waals surface area contributed by atoms with Crippen LogP contribution in [-0.2, 0) is 0 Å². The molecule has 1 heterocycles. The fourth-order valence-electron chi connectivity index (χ4n) is 1.34. The first-order chi connectivity index (χ1) is 9.11. The average Bonchev–Trinajstić information content (AvgIpc) is 2.90. The molecule has 0 aliphatic heterocycles. The summed E-state index contributed by atoms with van der Waals surface area (Å²) >= 11 is 12.0. The molecule has 2 aromatic rings. The minimum absolute atomic E-state index is 0.205. The van der Waals surface area contributed by atoms with Crippen LogP contribution in [0.1, 0.15) is 11.4 Å². The predicted molar refractivity (Wildman–Crippen MR) is 72.6 cm³/mol. The second-order valence-electron chi connectivity index (χ2n) is 3.63. The Morgan fingerprint density at radius 3 is 2.84 bits per heavy atom. The topological polar surface area (TPSA) is 90.3 Å². The first-order valence-corrected chi connectivity index (χ1v) is 5.93. The van der Waals surface area contributed by atoms with Gasteiger partial charge in [0.05, 0.1) is 10.7 Å². The zero-order valence-electron chi connectivity index (χ0n) is 9.78. The second kappa shape index (κ2) is 5.69. The van der Waals surface area contributed by atoms with Crippen LogP contribution >= 0.6 is 23.2 Å². The number of halogens is 2. The van der Waals surface area contributed by atoms with E-state index >= 15 is 0 Å². The molecular formula is C11H8Cl2N6. The van der Waals surface area contributed by atoms with Crippen molar-refractivity contribution in [1.82, 2.24) is 20.6 Å². The van der Waals surface area contributed by atoms with Crippen LogP contribution in [0.2, 0.25) is 10.0 Å². The Hall–Kier alpha value is -2.10. The maximum absolute atomic E-state index is 9.01. The molecule has 0 fully saturated rings. The van der Waals surface area contributed by atoms with Crippen LogP contribution in [0.5, 0.6) is 0 Å². The molecule has 1 aromatic carbocycles. The summed E-state index contributed by atoms with van der Waals surface area (Å²) in [7, 11) is 0. The predicted octanol–water partition coefficient (Wildman–Crippen LogP) is 2.79. The van der Waals surface area contributed by atoms with Gasteiger partial charge in [0, 0.05) is 11.2 Å². The van der Waals surface area contributed by atoms with Gasteiger partial charge in [-0.1, -0.05) is 23.2 Å². The van der Waals surface area contributed by atoms with Crippen molar-refractivity contribution in [2.75, 3.05) is 5.32 Å². The molecule has 8 heteroatoms. The number of aromatic nitrogens is 4. The van der Waals surface area contributed by atoms with Crippen LogP contribution in [0.4, 0.5) is 5.69 Å². The summed E-state index contributed by atoms with van der Waals surface area (Å²) < 4.78 is 0. The number of allylic oxidation sites excluding steroid dienone is 1. The summed E-state index contributed by atoms with van der Waals surface area (Å²) in [6.45, 7) is 1.86. The highest BCUT2D eigenvalue weighted by atomic mass is 35.5. The fourth-order valence-corrected chi connectivity index (χ4v) is 1.78. The van der Waals surface area contributed by atoms with E-state index in [-0.39, 0.29) is 11.4 Å². The molecule has 0 radical (unpaired) electrons. The van der Waals surface area contributed by atoms with Gasteiger partial charge in [-0.15, -0.1) is 10.2 Å². The summed E-state index contributed by atoms with van der Waals surface area (Å²) in [5.41, 5.74) is 1.75. The molecule has 0 saturated heterocycles. The third kappa shape index (κ3) is 3.02. The van der Waals surface area contributed by atoms with Crippen molar-refractivity contribution >= 4 is 34.5 Å².